The fourth-order valence-corrected chi connectivity index (χ4v) is 2.48. The third-order valence-electron chi connectivity index (χ3n) is 2.71. The van der Waals surface area contributed by atoms with Crippen LogP contribution >= 0.6 is 11.3 Å². The molecule has 0 aromatic carbocycles. The lowest BCUT2D eigenvalue weighted by molar-refractivity contribution is 0.0951. The Balaban J connectivity index is 2.04. The summed E-state index contributed by atoms with van der Waals surface area (Å²) in [6.45, 7) is 2.84. The van der Waals surface area contributed by atoms with Crippen LogP contribution in [-0.4, -0.2) is 17.4 Å². The van der Waals surface area contributed by atoms with Gasteiger partial charge in [-0.1, -0.05) is 11.8 Å². The lowest BCUT2D eigenvalue weighted by atomic mass is 10.2. The maximum Gasteiger partial charge on any atom is 0.253 e. The van der Waals surface area contributed by atoms with Crippen LogP contribution in [-0.2, 0) is 6.54 Å². The van der Waals surface area contributed by atoms with E-state index < -0.39 is 0 Å². The first kappa shape index (κ1) is 14.3. The van der Waals surface area contributed by atoms with E-state index in [0.717, 1.165) is 4.88 Å². The van der Waals surface area contributed by atoms with Crippen LogP contribution in [0.3, 0.4) is 0 Å². The molecule has 0 bridgehead atoms. The molecule has 1 amide bonds. The van der Waals surface area contributed by atoms with Crippen molar-refractivity contribution in [2.75, 3.05) is 6.54 Å². The summed E-state index contributed by atoms with van der Waals surface area (Å²) in [6.07, 6.45) is 3.15. The monoisotopic (exact) mass is 285 g/mol. The molecule has 0 aliphatic heterocycles. The molecule has 0 unspecified atom stereocenters. The minimum Gasteiger partial charge on any atom is -0.347 e. The smallest absolute Gasteiger partial charge is 0.253 e. The highest BCUT2D eigenvalue weighted by molar-refractivity contribution is 7.10. The van der Waals surface area contributed by atoms with E-state index in [9.17, 15) is 4.79 Å². The molecule has 0 radical (unpaired) electrons. The Bertz CT molecular complexity index is 667. The Kier molecular flexibility index (Phi) is 4.88. The Morgan fingerprint density at radius 3 is 3.05 bits per heavy atom. The van der Waals surface area contributed by atoms with Crippen LogP contribution in [0.5, 0.6) is 0 Å². The van der Waals surface area contributed by atoms with Gasteiger partial charge >= 0.3 is 0 Å². The maximum absolute atomic E-state index is 12.1. The second-order valence-electron chi connectivity index (χ2n) is 4.18. The Morgan fingerprint density at radius 2 is 2.35 bits per heavy atom. The number of nitrogens with one attached hydrogen (secondary N) is 1. The predicted octanol–water partition coefficient (Wildman–Crippen LogP) is 1.69. The largest absolute Gasteiger partial charge is 0.347 e. The quantitative estimate of drug-likeness (QED) is 0.843. The van der Waals surface area contributed by atoms with Gasteiger partial charge in [-0.05, 0) is 30.0 Å². The molecule has 2 rings (SSSR count). The molecule has 0 fully saturated rings. The Labute approximate surface area is 122 Å². The van der Waals surface area contributed by atoms with Crippen molar-refractivity contribution in [3.8, 4) is 11.8 Å². The minimum atomic E-state index is -0.151. The number of thiophene rings is 1. The van der Waals surface area contributed by atoms with E-state index in [1.165, 1.54) is 11.8 Å². The fraction of sp³-hybridized carbons (Fsp3) is 0.200. The van der Waals surface area contributed by atoms with Gasteiger partial charge in [-0.15, -0.1) is 11.3 Å². The van der Waals surface area contributed by atoms with Crippen LogP contribution < -0.4 is 11.1 Å². The predicted molar refractivity (Wildman–Crippen MR) is 80.4 cm³/mol. The SMILES string of the molecule is Cc1ccsc1CNC(=O)c1cncc(C#CCN)c1. The molecule has 0 aliphatic carbocycles. The summed E-state index contributed by atoms with van der Waals surface area (Å²) in [7, 11) is 0. The molecular weight excluding hydrogens is 270 g/mol. The fourth-order valence-electron chi connectivity index (χ4n) is 1.63. The number of nitrogens with zero attached hydrogens (tertiary/aromatic N) is 1. The van der Waals surface area contributed by atoms with Gasteiger partial charge < -0.3 is 11.1 Å². The first-order valence-electron chi connectivity index (χ1n) is 6.16. The van der Waals surface area contributed by atoms with Crippen molar-refractivity contribution in [3.63, 3.8) is 0 Å². The Morgan fingerprint density at radius 1 is 1.50 bits per heavy atom. The molecular formula is C15H15N3OS. The van der Waals surface area contributed by atoms with Crippen LogP contribution in [0.1, 0.15) is 26.4 Å². The van der Waals surface area contributed by atoms with Gasteiger partial charge in [0.2, 0.25) is 0 Å². The number of rotatable bonds is 3. The van der Waals surface area contributed by atoms with E-state index in [1.807, 2.05) is 18.4 Å². The lowest BCUT2D eigenvalue weighted by Gasteiger charge is -2.04. The summed E-state index contributed by atoms with van der Waals surface area (Å²) in [5.74, 6) is 5.45. The molecule has 102 valence electrons. The zero-order valence-corrected chi connectivity index (χ0v) is 12.0. The molecule has 3 N–H and O–H groups in total. The van der Waals surface area contributed by atoms with Gasteiger partial charge in [0, 0.05) is 22.8 Å². The van der Waals surface area contributed by atoms with Crippen LogP contribution in [0, 0.1) is 18.8 Å². The van der Waals surface area contributed by atoms with Crippen molar-refractivity contribution in [2.45, 2.75) is 13.5 Å². The summed E-state index contributed by atoms with van der Waals surface area (Å²) >= 11 is 1.63. The van der Waals surface area contributed by atoms with Crippen molar-refractivity contribution < 1.29 is 4.79 Å². The van der Waals surface area contributed by atoms with Gasteiger partial charge in [-0.3, -0.25) is 9.78 Å². The van der Waals surface area contributed by atoms with Crippen molar-refractivity contribution >= 4 is 17.2 Å². The third-order valence-corrected chi connectivity index (χ3v) is 3.74. The average molecular weight is 285 g/mol. The highest BCUT2D eigenvalue weighted by Gasteiger charge is 2.07. The van der Waals surface area contributed by atoms with Crippen LogP contribution in [0.15, 0.2) is 29.9 Å². The average Bonchev–Trinajstić information content (AvgIpc) is 2.88. The van der Waals surface area contributed by atoms with E-state index in [0.29, 0.717) is 17.7 Å². The molecule has 2 aromatic heterocycles. The Hall–Kier alpha value is -2.16. The number of aryl methyl sites for hydroxylation is 1. The van der Waals surface area contributed by atoms with E-state index in [1.54, 1.807) is 23.6 Å². The molecule has 2 aromatic rings. The van der Waals surface area contributed by atoms with Crippen LogP contribution in [0.25, 0.3) is 0 Å². The summed E-state index contributed by atoms with van der Waals surface area (Å²) in [4.78, 5) is 17.2. The van der Waals surface area contributed by atoms with Gasteiger partial charge in [0.15, 0.2) is 0 Å². The molecule has 0 atom stereocenters. The molecule has 5 heteroatoms. The molecule has 0 spiro atoms. The van der Waals surface area contributed by atoms with Crippen molar-refractivity contribution in [1.29, 1.82) is 0 Å². The van der Waals surface area contributed by atoms with Gasteiger partial charge in [0.05, 0.1) is 18.7 Å². The second-order valence-corrected chi connectivity index (χ2v) is 5.18. The van der Waals surface area contributed by atoms with E-state index in [2.05, 4.69) is 22.1 Å². The van der Waals surface area contributed by atoms with Crippen LogP contribution in [0.2, 0.25) is 0 Å². The summed E-state index contributed by atoms with van der Waals surface area (Å²) in [5, 5.41) is 4.90. The third kappa shape index (κ3) is 3.67. The molecule has 4 nitrogen and oxygen atoms in total. The summed E-state index contributed by atoms with van der Waals surface area (Å²) in [5.41, 5.74) is 7.70. The lowest BCUT2D eigenvalue weighted by Crippen LogP contribution is -2.22. The summed E-state index contributed by atoms with van der Waals surface area (Å²) in [6, 6.07) is 3.75. The highest BCUT2D eigenvalue weighted by atomic mass is 32.1. The summed E-state index contributed by atoms with van der Waals surface area (Å²) < 4.78 is 0. The molecule has 0 aliphatic rings. The standard InChI is InChI=1S/C15H15N3OS/c1-11-4-6-20-14(11)10-18-15(19)13-7-12(3-2-5-16)8-17-9-13/h4,6-9H,5,10,16H2,1H3,(H,18,19). The number of carbonyl (C=O) groups is 1. The normalized spacial score (nSPS) is 9.70. The van der Waals surface area contributed by atoms with E-state index in [4.69, 9.17) is 5.73 Å². The molecule has 0 saturated heterocycles. The zero-order chi connectivity index (χ0) is 14.4. The number of pyridine rings is 1. The number of carbonyl (C=O) groups excluding carboxylic acids is 1. The second kappa shape index (κ2) is 6.85. The number of hydrogen-bond donors (Lipinski definition) is 2. The van der Waals surface area contributed by atoms with Crippen LogP contribution in [0.4, 0.5) is 0 Å². The van der Waals surface area contributed by atoms with Crippen molar-refractivity contribution in [1.82, 2.24) is 10.3 Å². The van der Waals surface area contributed by atoms with Gasteiger partial charge in [-0.25, -0.2) is 0 Å². The zero-order valence-electron chi connectivity index (χ0n) is 11.1. The van der Waals surface area contributed by atoms with Gasteiger partial charge in [0.25, 0.3) is 5.91 Å². The van der Waals surface area contributed by atoms with Crippen molar-refractivity contribution in [3.05, 3.63) is 51.5 Å². The minimum absolute atomic E-state index is 0.151. The first-order valence-corrected chi connectivity index (χ1v) is 7.04. The van der Waals surface area contributed by atoms with Gasteiger partial charge in [-0.2, -0.15) is 0 Å². The highest BCUT2D eigenvalue weighted by Crippen LogP contribution is 2.15. The van der Waals surface area contributed by atoms with E-state index >= 15 is 0 Å². The molecule has 20 heavy (non-hydrogen) atoms. The number of nitrogens with two attached hydrogens (primary N) is 1. The number of hydrogen-bond acceptors (Lipinski definition) is 4. The molecule has 0 saturated carbocycles. The number of amides is 1. The van der Waals surface area contributed by atoms with E-state index in [-0.39, 0.29) is 12.5 Å². The first-order chi connectivity index (χ1) is 9.70. The van der Waals surface area contributed by atoms with Crippen molar-refractivity contribution in [2.24, 2.45) is 5.73 Å². The topological polar surface area (TPSA) is 68.0 Å². The molecule has 2 heterocycles. The van der Waals surface area contributed by atoms with Gasteiger partial charge in [0.1, 0.15) is 0 Å². The maximum atomic E-state index is 12.1. The number of aromatic nitrogens is 1.